The van der Waals surface area contributed by atoms with E-state index in [-0.39, 0.29) is 12.0 Å². The molecular weight excluding hydrogens is 330 g/mol. The topological polar surface area (TPSA) is 54.9 Å². The van der Waals surface area contributed by atoms with E-state index in [1.165, 1.54) is 0 Å². The first-order valence-corrected chi connectivity index (χ1v) is 9.79. The van der Waals surface area contributed by atoms with Gasteiger partial charge in [0, 0.05) is 39.5 Å². The molecule has 2 fully saturated rings. The SMILES string of the molecule is COCCN1CCC(CN(CC2CCCO2)C(=O)c2ccccn2)CC1. The Bertz CT molecular complexity index is 540. The third-order valence-corrected chi connectivity index (χ3v) is 5.42. The zero-order valence-electron chi connectivity index (χ0n) is 15.8. The molecule has 3 heterocycles. The van der Waals surface area contributed by atoms with E-state index in [2.05, 4.69) is 9.88 Å². The van der Waals surface area contributed by atoms with Crippen LogP contribution in [0.5, 0.6) is 0 Å². The summed E-state index contributed by atoms with van der Waals surface area (Å²) < 4.78 is 11.0. The van der Waals surface area contributed by atoms with Crippen LogP contribution in [0.1, 0.15) is 36.2 Å². The van der Waals surface area contributed by atoms with E-state index in [1.807, 2.05) is 17.0 Å². The fraction of sp³-hybridized carbons (Fsp3) is 0.700. The molecule has 0 aliphatic carbocycles. The van der Waals surface area contributed by atoms with E-state index in [1.54, 1.807) is 19.4 Å². The maximum absolute atomic E-state index is 13.0. The van der Waals surface area contributed by atoms with Crippen LogP contribution in [0, 0.1) is 5.92 Å². The van der Waals surface area contributed by atoms with Gasteiger partial charge in [0.1, 0.15) is 5.69 Å². The van der Waals surface area contributed by atoms with Gasteiger partial charge in [-0.15, -0.1) is 0 Å². The van der Waals surface area contributed by atoms with E-state index < -0.39 is 0 Å². The number of ether oxygens (including phenoxy) is 2. The van der Waals surface area contributed by atoms with Crippen LogP contribution in [0.3, 0.4) is 0 Å². The van der Waals surface area contributed by atoms with Crippen molar-refractivity contribution in [3.63, 3.8) is 0 Å². The van der Waals surface area contributed by atoms with Crippen LogP contribution in [0.25, 0.3) is 0 Å². The van der Waals surface area contributed by atoms with Crippen LogP contribution < -0.4 is 0 Å². The monoisotopic (exact) mass is 361 g/mol. The highest BCUT2D eigenvalue weighted by Gasteiger charge is 2.28. The number of carbonyl (C=O) groups is 1. The second-order valence-electron chi connectivity index (χ2n) is 7.34. The smallest absolute Gasteiger partial charge is 0.272 e. The minimum absolute atomic E-state index is 0.0305. The number of hydrogen-bond donors (Lipinski definition) is 0. The minimum Gasteiger partial charge on any atom is -0.383 e. The zero-order chi connectivity index (χ0) is 18.2. The van der Waals surface area contributed by atoms with Crippen molar-refractivity contribution < 1.29 is 14.3 Å². The lowest BCUT2D eigenvalue weighted by atomic mass is 9.95. The van der Waals surface area contributed by atoms with Gasteiger partial charge in [-0.1, -0.05) is 6.07 Å². The number of hydrogen-bond acceptors (Lipinski definition) is 5. The highest BCUT2D eigenvalue weighted by molar-refractivity contribution is 5.92. The van der Waals surface area contributed by atoms with Gasteiger partial charge in [-0.3, -0.25) is 9.78 Å². The van der Waals surface area contributed by atoms with Gasteiger partial charge >= 0.3 is 0 Å². The van der Waals surface area contributed by atoms with Gasteiger partial charge in [0.15, 0.2) is 0 Å². The van der Waals surface area contributed by atoms with Crippen LogP contribution in [0.15, 0.2) is 24.4 Å². The summed E-state index contributed by atoms with van der Waals surface area (Å²) in [5.74, 6) is 0.575. The van der Waals surface area contributed by atoms with Crippen molar-refractivity contribution in [2.24, 2.45) is 5.92 Å². The van der Waals surface area contributed by atoms with E-state index in [9.17, 15) is 4.79 Å². The van der Waals surface area contributed by atoms with Crippen LogP contribution in [-0.4, -0.2) is 79.8 Å². The lowest BCUT2D eigenvalue weighted by Gasteiger charge is -2.35. The molecule has 2 aliphatic rings. The van der Waals surface area contributed by atoms with Crippen LogP contribution in [0.2, 0.25) is 0 Å². The van der Waals surface area contributed by atoms with E-state index in [0.29, 0.717) is 18.2 Å². The molecule has 0 bridgehead atoms. The normalized spacial score (nSPS) is 21.8. The number of rotatable bonds is 8. The summed E-state index contributed by atoms with van der Waals surface area (Å²) in [6.07, 6.45) is 6.24. The molecule has 1 aromatic heterocycles. The molecule has 3 rings (SSSR count). The molecule has 6 heteroatoms. The lowest BCUT2D eigenvalue weighted by Crippen LogP contribution is -2.44. The van der Waals surface area contributed by atoms with Crippen LogP contribution >= 0.6 is 0 Å². The van der Waals surface area contributed by atoms with Crippen LogP contribution in [-0.2, 0) is 9.47 Å². The first-order chi connectivity index (χ1) is 12.8. The first-order valence-electron chi connectivity index (χ1n) is 9.79. The second kappa shape index (κ2) is 10.00. The van der Waals surface area contributed by atoms with Gasteiger partial charge < -0.3 is 19.3 Å². The first kappa shape index (κ1) is 19.3. The highest BCUT2D eigenvalue weighted by Crippen LogP contribution is 2.21. The molecule has 26 heavy (non-hydrogen) atoms. The van der Waals surface area contributed by atoms with Crippen molar-refractivity contribution in [2.75, 3.05) is 53.0 Å². The van der Waals surface area contributed by atoms with Gasteiger partial charge in [0.05, 0.1) is 12.7 Å². The number of piperidine rings is 1. The molecule has 0 spiro atoms. The van der Waals surface area contributed by atoms with Crippen molar-refractivity contribution in [2.45, 2.75) is 31.8 Å². The third kappa shape index (κ3) is 5.50. The Morgan fingerprint density at radius 2 is 2.15 bits per heavy atom. The number of amides is 1. The average molecular weight is 361 g/mol. The zero-order valence-corrected chi connectivity index (χ0v) is 15.8. The molecule has 2 saturated heterocycles. The Morgan fingerprint density at radius 1 is 1.31 bits per heavy atom. The van der Waals surface area contributed by atoms with Crippen molar-refractivity contribution >= 4 is 5.91 Å². The van der Waals surface area contributed by atoms with Crippen molar-refractivity contribution in [1.82, 2.24) is 14.8 Å². The number of carbonyl (C=O) groups excluding carboxylic acids is 1. The summed E-state index contributed by atoms with van der Waals surface area (Å²) in [5, 5.41) is 0. The minimum atomic E-state index is 0.0305. The molecule has 0 saturated carbocycles. The van der Waals surface area contributed by atoms with Crippen LogP contribution in [0.4, 0.5) is 0 Å². The molecule has 144 valence electrons. The summed E-state index contributed by atoms with van der Waals surface area (Å²) in [6, 6.07) is 5.52. The molecule has 0 aromatic carbocycles. The fourth-order valence-corrected chi connectivity index (χ4v) is 3.85. The molecular formula is C20H31N3O3. The number of aromatic nitrogens is 1. The van der Waals surface area contributed by atoms with Gasteiger partial charge in [-0.2, -0.15) is 0 Å². The summed E-state index contributed by atoms with van der Waals surface area (Å²) in [7, 11) is 1.75. The van der Waals surface area contributed by atoms with Crippen molar-refractivity contribution in [3.05, 3.63) is 30.1 Å². The van der Waals surface area contributed by atoms with Gasteiger partial charge in [-0.25, -0.2) is 0 Å². The Hall–Kier alpha value is -1.50. The maximum atomic E-state index is 13.0. The Labute approximate surface area is 156 Å². The highest BCUT2D eigenvalue weighted by atomic mass is 16.5. The third-order valence-electron chi connectivity index (χ3n) is 5.42. The fourth-order valence-electron chi connectivity index (χ4n) is 3.85. The van der Waals surface area contributed by atoms with Gasteiger partial charge in [0.25, 0.3) is 5.91 Å². The maximum Gasteiger partial charge on any atom is 0.272 e. The predicted octanol–water partition coefficient (Wildman–Crippen LogP) is 2.06. The second-order valence-corrected chi connectivity index (χ2v) is 7.34. The molecule has 1 amide bonds. The van der Waals surface area contributed by atoms with E-state index in [4.69, 9.17) is 9.47 Å². The standard InChI is InChI=1S/C20H31N3O3/c1-25-14-12-22-10-7-17(8-11-22)15-23(16-18-5-4-13-26-18)20(24)19-6-2-3-9-21-19/h2-3,6,9,17-18H,4-5,7-8,10-16H2,1H3. The molecule has 1 unspecified atom stereocenters. The number of pyridine rings is 1. The summed E-state index contributed by atoms with van der Waals surface area (Å²) in [4.78, 5) is 21.7. The number of likely N-dealkylation sites (tertiary alicyclic amines) is 1. The number of nitrogens with zero attached hydrogens (tertiary/aromatic N) is 3. The average Bonchev–Trinajstić information content (AvgIpc) is 3.20. The lowest BCUT2D eigenvalue weighted by molar-refractivity contribution is 0.0433. The largest absolute Gasteiger partial charge is 0.383 e. The van der Waals surface area contributed by atoms with Crippen molar-refractivity contribution in [1.29, 1.82) is 0 Å². The molecule has 0 N–H and O–H groups in total. The van der Waals surface area contributed by atoms with Crippen molar-refractivity contribution in [3.8, 4) is 0 Å². The summed E-state index contributed by atoms with van der Waals surface area (Å²) in [5.41, 5.74) is 0.531. The quantitative estimate of drug-likeness (QED) is 0.709. The van der Waals surface area contributed by atoms with Gasteiger partial charge in [-0.05, 0) is 56.8 Å². The molecule has 2 aliphatic heterocycles. The predicted molar refractivity (Wildman–Crippen MR) is 100 cm³/mol. The summed E-state index contributed by atoms with van der Waals surface area (Å²) >= 11 is 0. The Morgan fingerprint density at radius 3 is 2.81 bits per heavy atom. The van der Waals surface area contributed by atoms with E-state index >= 15 is 0 Å². The Balaban J connectivity index is 1.58. The van der Waals surface area contributed by atoms with E-state index in [0.717, 1.165) is 65.1 Å². The summed E-state index contributed by atoms with van der Waals surface area (Å²) in [6.45, 7) is 6.24. The molecule has 1 atom stereocenters. The van der Waals surface area contributed by atoms with Gasteiger partial charge in [0.2, 0.25) is 0 Å². The molecule has 0 radical (unpaired) electrons. The number of methoxy groups -OCH3 is 1. The molecule has 1 aromatic rings. The Kier molecular flexibility index (Phi) is 7.41. The molecule has 6 nitrogen and oxygen atoms in total.